The van der Waals surface area contributed by atoms with Gasteiger partial charge in [-0.1, -0.05) is 38.0 Å². The standard InChI is InChI=1S/C37H37N3O4/c1-5-6-9-24-42-30-18-16-29(17-19-30)39-38-28-14-12-26(13-15-28)35(41)43-31-20-21-34-27(25-31)22-23-37(44-34)36(2,3)32-10-7-8-11-33(32)40(37)4/h7-8,10-23,25H,5-6,9,24H2,1-4H3. The average molecular weight is 588 g/mol. The maximum Gasteiger partial charge on any atom is 0.343 e. The van der Waals surface area contributed by atoms with Crippen molar-refractivity contribution >= 4 is 29.1 Å². The molecule has 0 aliphatic carbocycles. The molecular weight excluding hydrogens is 550 g/mol. The van der Waals surface area contributed by atoms with Crippen LogP contribution in [0, 0.1) is 0 Å². The van der Waals surface area contributed by atoms with Gasteiger partial charge in [-0.15, -0.1) is 0 Å². The zero-order chi connectivity index (χ0) is 30.7. The lowest BCUT2D eigenvalue weighted by Crippen LogP contribution is -2.58. The molecule has 2 heterocycles. The van der Waals surface area contributed by atoms with Crippen LogP contribution in [0.25, 0.3) is 6.08 Å². The van der Waals surface area contributed by atoms with E-state index in [1.165, 1.54) is 12.0 Å². The Morgan fingerprint density at radius 1 is 0.864 bits per heavy atom. The molecule has 0 saturated heterocycles. The first-order valence-corrected chi connectivity index (χ1v) is 15.1. The normalized spacial score (nSPS) is 17.8. The van der Waals surface area contributed by atoms with E-state index in [1.807, 2.05) is 42.5 Å². The molecule has 0 fully saturated rings. The number of para-hydroxylation sites is 1. The molecule has 1 atom stereocenters. The van der Waals surface area contributed by atoms with Gasteiger partial charge in [0, 0.05) is 18.3 Å². The van der Waals surface area contributed by atoms with Gasteiger partial charge in [0.05, 0.1) is 29.0 Å². The summed E-state index contributed by atoms with van der Waals surface area (Å²) in [5.74, 6) is 1.56. The number of rotatable bonds is 9. The van der Waals surface area contributed by atoms with Gasteiger partial charge in [-0.2, -0.15) is 10.2 Å². The van der Waals surface area contributed by atoms with Crippen LogP contribution < -0.4 is 19.1 Å². The Labute approximate surface area is 258 Å². The van der Waals surface area contributed by atoms with Gasteiger partial charge in [0.1, 0.15) is 17.2 Å². The first kappa shape index (κ1) is 29.2. The predicted octanol–water partition coefficient (Wildman–Crippen LogP) is 9.42. The number of carbonyl (C=O) groups excluding carboxylic acids is 1. The fraction of sp³-hybridized carbons (Fsp3) is 0.270. The molecule has 0 aromatic heterocycles. The first-order chi connectivity index (χ1) is 21.3. The number of esters is 1. The SMILES string of the molecule is CCCCCOc1ccc(N=Nc2ccc(C(=O)Oc3ccc4c(c3)C=CC3(O4)N(C)c4ccccc4C3(C)C)cc2)cc1. The molecule has 224 valence electrons. The van der Waals surface area contributed by atoms with Crippen molar-refractivity contribution in [3.63, 3.8) is 0 Å². The minimum atomic E-state index is -0.660. The van der Waals surface area contributed by atoms with E-state index in [0.29, 0.717) is 23.6 Å². The summed E-state index contributed by atoms with van der Waals surface area (Å²) in [6.45, 7) is 7.30. The van der Waals surface area contributed by atoms with Crippen molar-refractivity contribution in [2.75, 3.05) is 18.6 Å². The number of anilines is 1. The molecule has 2 aliphatic rings. The number of hydrogen-bond donors (Lipinski definition) is 0. The van der Waals surface area contributed by atoms with Gasteiger partial charge in [-0.05, 0) is 111 Å². The van der Waals surface area contributed by atoms with E-state index in [2.05, 4.69) is 73.3 Å². The van der Waals surface area contributed by atoms with E-state index in [-0.39, 0.29) is 5.41 Å². The minimum Gasteiger partial charge on any atom is -0.494 e. The zero-order valence-corrected chi connectivity index (χ0v) is 25.6. The summed E-state index contributed by atoms with van der Waals surface area (Å²) in [6, 6.07) is 28.3. The summed E-state index contributed by atoms with van der Waals surface area (Å²) in [4.78, 5) is 15.1. The Morgan fingerprint density at radius 3 is 2.25 bits per heavy atom. The second-order valence-corrected chi connectivity index (χ2v) is 11.7. The molecule has 0 bridgehead atoms. The molecule has 2 aliphatic heterocycles. The van der Waals surface area contributed by atoms with Crippen LogP contribution in [0.5, 0.6) is 17.2 Å². The monoisotopic (exact) mass is 587 g/mol. The lowest BCUT2D eigenvalue weighted by atomic mass is 9.76. The highest BCUT2D eigenvalue weighted by molar-refractivity contribution is 5.91. The van der Waals surface area contributed by atoms with Crippen molar-refractivity contribution < 1.29 is 19.0 Å². The van der Waals surface area contributed by atoms with Gasteiger partial charge < -0.3 is 19.1 Å². The van der Waals surface area contributed by atoms with Crippen molar-refractivity contribution in [3.8, 4) is 17.2 Å². The van der Waals surface area contributed by atoms with Crippen LogP contribution in [0.1, 0.15) is 61.5 Å². The first-order valence-electron chi connectivity index (χ1n) is 15.1. The van der Waals surface area contributed by atoms with E-state index in [1.54, 1.807) is 30.3 Å². The zero-order valence-electron chi connectivity index (χ0n) is 25.6. The van der Waals surface area contributed by atoms with Crippen molar-refractivity contribution in [2.24, 2.45) is 10.2 Å². The second kappa shape index (κ2) is 12.0. The van der Waals surface area contributed by atoms with Crippen molar-refractivity contribution in [1.82, 2.24) is 0 Å². The average Bonchev–Trinajstić information content (AvgIpc) is 3.20. The van der Waals surface area contributed by atoms with Crippen LogP contribution in [0.4, 0.5) is 17.1 Å². The lowest BCUT2D eigenvalue weighted by Gasteiger charge is -2.45. The third kappa shape index (κ3) is 5.46. The van der Waals surface area contributed by atoms with Crippen LogP contribution >= 0.6 is 0 Å². The topological polar surface area (TPSA) is 72.7 Å². The molecule has 0 radical (unpaired) electrons. The quantitative estimate of drug-likeness (QED) is 0.0844. The summed E-state index contributed by atoms with van der Waals surface area (Å²) in [6.07, 6.45) is 7.53. The van der Waals surface area contributed by atoms with Gasteiger partial charge in [0.2, 0.25) is 5.72 Å². The maximum atomic E-state index is 12.9. The number of azo groups is 1. The molecule has 1 unspecified atom stereocenters. The molecule has 7 nitrogen and oxygen atoms in total. The number of carbonyl (C=O) groups is 1. The fourth-order valence-corrected chi connectivity index (χ4v) is 5.92. The number of nitrogens with zero attached hydrogens (tertiary/aromatic N) is 3. The smallest absolute Gasteiger partial charge is 0.343 e. The number of ether oxygens (including phenoxy) is 3. The Balaban J connectivity index is 1.08. The van der Waals surface area contributed by atoms with Crippen LogP contribution in [0.2, 0.25) is 0 Å². The third-order valence-corrected chi connectivity index (χ3v) is 8.52. The van der Waals surface area contributed by atoms with E-state index in [9.17, 15) is 4.79 Å². The molecule has 4 aromatic rings. The molecular formula is C37H37N3O4. The number of unbranched alkanes of at least 4 members (excludes halogenated alkanes) is 2. The fourth-order valence-electron chi connectivity index (χ4n) is 5.92. The lowest BCUT2D eigenvalue weighted by molar-refractivity contribution is 0.0579. The largest absolute Gasteiger partial charge is 0.494 e. The third-order valence-electron chi connectivity index (χ3n) is 8.52. The minimum absolute atomic E-state index is 0.281. The summed E-state index contributed by atoms with van der Waals surface area (Å²) in [5.41, 5.74) is 4.08. The molecule has 1 spiro atoms. The molecule has 6 rings (SSSR count). The molecule has 0 N–H and O–H groups in total. The summed E-state index contributed by atoms with van der Waals surface area (Å²) in [5, 5.41) is 8.59. The Hall–Kier alpha value is -4.91. The predicted molar refractivity (Wildman–Crippen MR) is 174 cm³/mol. The van der Waals surface area contributed by atoms with Crippen molar-refractivity contribution in [3.05, 3.63) is 114 Å². The van der Waals surface area contributed by atoms with Crippen LogP contribution in [0.15, 0.2) is 107 Å². The van der Waals surface area contributed by atoms with Gasteiger partial charge >= 0.3 is 5.97 Å². The van der Waals surface area contributed by atoms with Gasteiger partial charge in [-0.25, -0.2) is 4.79 Å². The van der Waals surface area contributed by atoms with Crippen LogP contribution in [0.3, 0.4) is 0 Å². The van der Waals surface area contributed by atoms with E-state index in [0.717, 1.165) is 41.3 Å². The van der Waals surface area contributed by atoms with Gasteiger partial charge in [0.25, 0.3) is 0 Å². The van der Waals surface area contributed by atoms with E-state index in [4.69, 9.17) is 14.2 Å². The molecule has 0 saturated carbocycles. The van der Waals surface area contributed by atoms with Crippen molar-refractivity contribution in [1.29, 1.82) is 0 Å². The Bertz CT molecular complexity index is 1710. The van der Waals surface area contributed by atoms with E-state index >= 15 is 0 Å². The summed E-state index contributed by atoms with van der Waals surface area (Å²) >= 11 is 0. The number of benzene rings is 4. The highest BCUT2D eigenvalue weighted by Gasteiger charge is 2.57. The van der Waals surface area contributed by atoms with Crippen LogP contribution in [-0.2, 0) is 5.41 Å². The summed E-state index contributed by atoms with van der Waals surface area (Å²) < 4.78 is 18.2. The molecule has 4 aromatic carbocycles. The number of likely N-dealkylation sites (N-methyl/N-ethyl adjacent to an activating group) is 1. The Morgan fingerprint density at radius 2 is 1.55 bits per heavy atom. The van der Waals surface area contributed by atoms with E-state index < -0.39 is 11.7 Å². The number of fused-ring (bicyclic) bond motifs is 2. The molecule has 7 heteroatoms. The maximum absolute atomic E-state index is 12.9. The second-order valence-electron chi connectivity index (χ2n) is 11.7. The molecule has 0 amide bonds. The number of hydrogen-bond acceptors (Lipinski definition) is 7. The molecule has 44 heavy (non-hydrogen) atoms. The van der Waals surface area contributed by atoms with Crippen LogP contribution in [-0.4, -0.2) is 25.3 Å². The van der Waals surface area contributed by atoms with Crippen molar-refractivity contribution in [2.45, 2.75) is 51.2 Å². The summed E-state index contributed by atoms with van der Waals surface area (Å²) in [7, 11) is 2.06. The highest BCUT2D eigenvalue weighted by atomic mass is 16.5. The highest BCUT2D eigenvalue weighted by Crippen LogP contribution is 2.54. The Kier molecular flexibility index (Phi) is 7.95. The van der Waals surface area contributed by atoms with Gasteiger partial charge in [-0.3, -0.25) is 0 Å². The van der Waals surface area contributed by atoms with Gasteiger partial charge in [0.15, 0.2) is 0 Å².